The average molecular weight is 409 g/mol. The Morgan fingerprint density at radius 1 is 1.00 bits per heavy atom. The van der Waals surface area contributed by atoms with Crippen LogP contribution in [0.3, 0.4) is 0 Å². The number of aliphatic hydroxyl groups excluding tert-OH is 1. The Morgan fingerprint density at radius 2 is 1.57 bits per heavy atom. The number of aliphatic hydroxyl groups is 1. The van der Waals surface area contributed by atoms with Gasteiger partial charge in [0.15, 0.2) is 0 Å². The van der Waals surface area contributed by atoms with Crippen molar-refractivity contribution in [3.8, 4) is 0 Å². The van der Waals surface area contributed by atoms with Gasteiger partial charge in [-0.25, -0.2) is 0 Å². The molecule has 0 spiro atoms. The number of rotatable bonds is 6. The molecule has 1 aromatic carbocycles. The highest BCUT2D eigenvalue weighted by atomic mass is 16.3. The summed E-state index contributed by atoms with van der Waals surface area (Å²) in [5.41, 5.74) is 1.38. The number of amides is 3. The number of hydrogen-bond donors (Lipinski definition) is 3. The van der Waals surface area contributed by atoms with Gasteiger partial charge in [-0.15, -0.1) is 0 Å². The van der Waals surface area contributed by atoms with Crippen molar-refractivity contribution in [1.29, 1.82) is 0 Å². The Kier molecular flexibility index (Phi) is 4.65. The highest BCUT2D eigenvalue weighted by Gasteiger charge is 2.54. The summed E-state index contributed by atoms with van der Waals surface area (Å²) >= 11 is 0. The number of β-amino-alcohol motifs (C(OH)–C–C–N with tert-alkyl or cyclic N) is 1. The molecule has 30 heavy (non-hydrogen) atoms. The van der Waals surface area contributed by atoms with Crippen LogP contribution in [0.15, 0.2) is 36.0 Å². The van der Waals surface area contributed by atoms with Crippen molar-refractivity contribution in [2.75, 3.05) is 23.8 Å². The van der Waals surface area contributed by atoms with Gasteiger partial charge in [0.05, 0.1) is 18.6 Å². The maximum absolute atomic E-state index is 13.2. The summed E-state index contributed by atoms with van der Waals surface area (Å²) in [7, 11) is 0. The fourth-order valence-electron chi connectivity index (χ4n) is 6.35. The van der Waals surface area contributed by atoms with Gasteiger partial charge >= 0.3 is 0 Å². The van der Waals surface area contributed by atoms with Crippen LogP contribution in [0.2, 0.25) is 0 Å². The smallest absolute Gasteiger partial charge is 0.277 e. The van der Waals surface area contributed by atoms with Gasteiger partial charge < -0.3 is 15.7 Å². The molecule has 5 aliphatic rings. The van der Waals surface area contributed by atoms with Crippen molar-refractivity contribution < 1.29 is 19.5 Å². The molecule has 1 aromatic rings. The van der Waals surface area contributed by atoms with Crippen LogP contribution in [0, 0.1) is 23.2 Å². The van der Waals surface area contributed by atoms with Crippen LogP contribution in [0.1, 0.15) is 38.5 Å². The van der Waals surface area contributed by atoms with E-state index in [1.54, 1.807) is 12.1 Å². The Bertz CT molecular complexity index is 886. The van der Waals surface area contributed by atoms with Crippen LogP contribution in [0.25, 0.3) is 0 Å². The molecule has 4 bridgehead atoms. The second kappa shape index (κ2) is 7.23. The molecule has 7 nitrogen and oxygen atoms in total. The van der Waals surface area contributed by atoms with E-state index in [-0.39, 0.29) is 30.2 Å². The minimum absolute atomic E-state index is 0.0192. The van der Waals surface area contributed by atoms with Gasteiger partial charge in [-0.3, -0.25) is 19.3 Å². The van der Waals surface area contributed by atoms with Crippen molar-refractivity contribution in [2.24, 2.45) is 23.2 Å². The van der Waals surface area contributed by atoms with Crippen LogP contribution in [-0.2, 0) is 14.4 Å². The number of nitrogens with zero attached hydrogens (tertiary/aromatic N) is 1. The number of carbonyl (C=O) groups excluding carboxylic acids is 3. The fourth-order valence-corrected chi connectivity index (χ4v) is 6.35. The van der Waals surface area contributed by atoms with Crippen molar-refractivity contribution in [3.63, 3.8) is 0 Å². The summed E-state index contributed by atoms with van der Waals surface area (Å²) in [5, 5.41) is 15.1. The zero-order valence-corrected chi connectivity index (χ0v) is 16.9. The maximum Gasteiger partial charge on any atom is 0.277 e. The van der Waals surface area contributed by atoms with Gasteiger partial charge in [0.25, 0.3) is 11.8 Å². The van der Waals surface area contributed by atoms with Gasteiger partial charge in [-0.1, -0.05) is 0 Å². The first-order valence-electron chi connectivity index (χ1n) is 10.8. The van der Waals surface area contributed by atoms with Crippen LogP contribution in [0.4, 0.5) is 11.4 Å². The molecular weight excluding hydrogens is 382 g/mol. The molecule has 7 heteroatoms. The second-order valence-corrected chi connectivity index (χ2v) is 9.43. The van der Waals surface area contributed by atoms with Gasteiger partial charge in [0.2, 0.25) is 5.91 Å². The molecule has 4 fully saturated rings. The fraction of sp³-hybridized carbons (Fsp3) is 0.522. The van der Waals surface area contributed by atoms with E-state index in [1.807, 2.05) is 12.1 Å². The first-order valence-corrected chi connectivity index (χ1v) is 10.8. The van der Waals surface area contributed by atoms with Gasteiger partial charge in [-0.05, 0) is 80.5 Å². The summed E-state index contributed by atoms with van der Waals surface area (Å²) in [6.45, 7) is -0.286. The van der Waals surface area contributed by atoms with E-state index in [9.17, 15) is 14.4 Å². The van der Waals surface area contributed by atoms with E-state index in [0.29, 0.717) is 5.69 Å². The lowest BCUT2D eigenvalue weighted by atomic mass is 9.49. The van der Waals surface area contributed by atoms with Gasteiger partial charge in [-0.2, -0.15) is 0 Å². The number of hydrogen-bond acceptors (Lipinski definition) is 5. The third-order valence-electron chi connectivity index (χ3n) is 7.27. The van der Waals surface area contributed by atoms with E-state index >= 15 is 0 Å². The summed E-state index contributed by atoms with van der Waals surface area (Å²) in [4.78, 5) is 38.2. The highest BCUT2D eigenvalue weighted by Crippen LogP contribution is 2.60. The van der Waals surface area contributed by atoms with Gasteiger partial charge in [0.1, 0.15) is 5.70 Å². The molecule has 3 amide bonds. The minimum atomic E-state index is -0.451. The van der Waals surface area contributed by atoms with Crippen LogP contribution >= 0.6 is 0 Å². The number of imide groups is 1. The van der Waals surface area contributed by atoms with Crippen molar-refractivity contribution in [2.45, 2.75) is 38.5 Å². The quantitative estimate of drug-likeness (QED) is 0.627. The number of nitrogens with one attached hydrogen (secondary N) is 2. The molecule has 4 aliphatic carbocycles. The lowest BCUT2D eigenvalue weighted by Gasteiger charge is -2.55. The van der Waals surface area contributed by atoms with E-state index < -0.39 is 11.8 Å². The van der Waals surface area contributed by atoms with Crippen molar-refractivity contribution in [3.05, 3.63) is 36.0 Å². The lowest BCUT2D eigenvalue weighted by molar-refractivity contribution is -0.140. The summed E-state index contributed by atoms with van der Waals surface area (Å²) in [5.74, 6) is 1.43. The molecule has 158 valence electrons. The largest absolute Gasteiger partial charge is 0.395 e. The van der Waals surface area contributed by atoms with Gasteiger partial charge in [0, 0.05) is 17.5 Å². The molecule has 4 saturated carbocycles. The molecule has 0 saturated heterocycles. The summed E-state index contributed by atoms with van der Waals surface area (Å²) < 4.78 is 0. The minimum Gasteiger partial charge on any atom is -0.395 e. The molecule has 6 rings (SSSR count). The first kappa shape index (κ1) is 19.3. The molecule has 1 aliphatic heterocycles. The third-order valence-corrected chi connectivity index (χ3v) is 7.27. The molecular formula is C23H27N3O4. The first-order chi connectivity index (χ1) is 14.5. The topological polar surface area (TPSA) is 98.7 Å². The predicted octanol–water partition coefficient (Wildman–Crippen LogP) is 2.50. The van der Waals surface area contributed by atoms with Crippen LogP contribution in [-0.4, -0.2) is 40.9 Å². The van der Waals surface area contributed by atoms with E-state index in [4.69, 9.17) is 5.11 Å². The SMILES string of the molecule is O=C1C=C(Nc2ccc(NC(=O)C34CC5CC(CC(C5)C3)C4)cc2)C(=O)N1CCO. The molecule has 0 aromatic heterocycles. The Morgan fingerprint density at radius 3 is 2.13 bits per heavy atom. The Labute approximate surface area is 175 Å². The number of anilines is 2. The van der Waals surface area contributed by atoms with Crippen LogP contribution in [0.5, 0.6) is 0 Å². The third kappa shape index (κ3) is 3.31. The van der Waals surface area contributed by atoms with E-state index in [2.05, 4.69) is 10.6 Å². The molecule has 1 heterocycles. The monoisotopic (exact) mass is 409 g/mol. The normalized spacial score (nSPS) is 31.8. The number of benzene rings is 1. The standard InChI is InChI=1S/C23H27N3O4/c27-6-5-26-20(28)10-19(21(26)29)24-17-1-3-18(4-2-17)25-22(30)23-11-14-7-15(12-23)9-16(8-14)13-23/h1-4,10,14-16,24,27H,5-9,11-13H2,(H,25,30). The molecule has 3 N–H and O–H groups in total. The Hall–Kier alpha value is -2.67. The lowest BCUT2D eigenvalue weighted by Crippen LogP contribution is -2.51. The van der Waals surface area contributed by atoms with E-state index in [0.717, 1.165) is 47.6 Å². The Balaban J connectivity index is 1.23. The predicted molar refractivity (Wildman–Crippen MR) is 111 cm³/mol. The van der Waals surface area contributed by atoms with E-state index in [1.165, 1.54) is 25.3 Å². The summed E-state index contributed by atoms with van der Waals surface area (Å²) in [6.07, 6.45) is 8.23. The summed E-state index contributed by atoms with van der Waals surface area (Å²) in [6, 6.07) is 7.19. The number of carbonyl (C=O) groups is 3. The highest BCUT2D eigenvalue weighted by molar-refractivity contribution is 6.17. The zero-order valence-electron chi connectivity index (χ0n) is 16.9. The van der Waals surface area contributed by atoms with Crippen molar-refractivity contribution in [1.82, 2.24) is 4.90 Å². The van der Waals surface area contributed by atoms with Crippen molar-refractivity contribution >= 4 is 29.1 Å². The maximum atomic E-state index is 13.2. The van der Waals surface area contributed by atoms with Crippen LogP contribution < -0.4 is 10.6 Å². The second-order valence-electron chi connectivity index (χ2n) is 9.43. The zero-order chi connectivity index (χ0) is 20.9. The molecule has 0 atom stereocenters. The molecule has 0 radical (unpaired) electrons. The average Bonchev–Trinajstić information content (AvgIpc) is 2.96. The molecule has 0 unspecified atom stereocenters.